The Morgan fingerprint density at radius 1 is 1.07 bits per heavy atom. The number of para-hydroxylation sites is 1. The molecule has 1 fully saturated rings. The molecule has 6 nitrogen and oxygen atoms in total. The van der Waals surface area contributed by atoms with E-state index in [1.165, 1.54) is 5.56 Å². The molecule has 2 amide bonds. The van der Waals surface area contributed by atoms with Crippen molar-refractivity contribution in [2.75, 3.05) is 30.0 Å². The quantitative estimate of drug-likeness (QED) is 0.853. The lowest BCUT2D eigenvalue weighted by atomic mass is 9.90. The summed E-state index contributed by atoms with van der Waals surface area (Å²) in [5.41, 5.74) is 9.17. The normalized spacial score (nSPS) is 17.8. The van der Waals surface area contributed by atoms with Gasteiger partial charge in [-0.15, -0.1) is 0 Å². The maximum absolute atomic E-state index is 12.7. The van der Waals surface area contributed by atoms with E-state index in [1.807, 2.05) is 47.4 Å². The predicted molar refractivity (Wildman–Crippen MR) is 108 cm³/mol. The Balaban J connectivity index is 1.37. The van der Waals surface area contributed by atoms with Gasteiger partial charge in [0.2, 0.25) is 11.8 Å². The third-order valence-corrected chi connectivity index (χ3v) is 5.59. The van der Waals surface area contributed by atoms with Crippen LogP contribution >= 0.6 is 0 Å². The smallest absolute Gasteiger partial charge is 0.244 e. The molecule has 0 radical (unpaired) electrons. The van der Waals surface area contributed by atoms with Gasteiger partial charge in [0.1, 0.15) is 5.54 Å². The van der Waals surface area contributed by atoms with Crippen LogP contribution in [0.25, 0.3) is 0 Å². The molecule has 3 N–H and O–H groups in total. The number of amides is 2. The molecule has 0 bridgehead atoms. The summed E-state index contributed by atoms with van der Waals surface area (Å²) in [7, 11) is 0. The molecule has 0 aliphatic carbocycles. The first-order valence-electron chi connectivity index (χ1n) is 9.70. The molecule has 2 aliphatic heterocycles. The first-order valence-corrected chi connectivity index (χ1v) is 9.70. The Bertz CT molecular complexity index is 873. The van der Waals surface area contributed by atoms with E-state index in [4.69, 9.17) is 10.5 Å². The van der Waals surface area contributed by atoms with Crippen LogP contribution < -0.4 is 16.0 Å². The molecular weight excluding hydrogens is 354 g/mol. The second kappa shape index (κ2) is 7.73. The molecule has 4 rings (SSSR count). The third-order valence-electron chi connectivity index (χ3n) is 5.59. The van der Waals surface area contributed by atoms with Gasteiger partial charge in [0, 0.05) is 31.1 Å². The Labute approximate surface area is 164 Å². The van der Waals surface area contributed by atoms with Crippen LogP contribution in [0, 0.1) is 0 Å². The molecule has 0 spiro atoms. The molecule has 2 heterocycles. The van der Waals surface area contributed by atoms with E-state index in [9.17, 15) is 9.59 Å². The second-order valence-electron chi connectivity index (χ2n) is 7.52. The number of anilines is 2. The first-order chi connectivity index (χ1) is 13.5. The van der Waals surface area contributed by atoms with Crippen LogP contribution in [0.4, 0.5) is 11.4 Å². The van der Waals surface area contributed by atoms with Crippen molar-refractivity contribution < 1.29 is 14.3 Å². The largest absolute Gasteiger partial charge is 0.381 e. The number of nitrogens with zero attached hydrogens (tertiary/aromatic N) is 1. The van der Waals surface area contributed by atoms with Gasteiger partial charge in [-0.25, -0.2) is 0 Å². The Hall–Kier alpha value is -2.70. The van der Waals surface area contributed by atoms with Gasteiger partial charge in [-0.1, -0.05) is 30.3 Å². The molecule has 0 aromatic heterocycles. The zero-order valence-corrected chi connectivity index (χ0v) is 15.8. The summed E-state index contributed by atoms with van der Waals surface area (Å²) >= 11 is 0. The Morgan fingerprint density at radius 2 is 1.79 bits per heavy atom. The number of hydrogen-bond donors (Lipinski definition) is 2. The van der Waals surface area contributed by atoms with Gasteiger partial charge >= 0.3 is 0 Å². The Kier molecular flexibility index (Phi) is 5.15. The van der Waals surface area contributed by atoms with E-state index in [2.05, 4.69) is 11.4 Å². The van der Waals surface area contributed by atoms with Gasteiger partial charge in [0.05, 0.1) is 6.42 Å². The number of benzene rings is 2. The average molecular weight is 379 g/mol. The van der Waals surface area contributed by atoms with E-state index in [0.717, 1.165) is 24.2 Å². The molecule has 2 aliphatic rings. The van der Waals surface area contributed by atoms with Crippen LogP contribution in [-0.2, 0) is 27.2 Å². The molecular formula is C22H25N3O3. The number of nitrogens with two attached hydrogens (primary N) is 1. The van der Waals surface area contributed by atoms with Crippen molar-refractivity contribution in [2.45, 2.75) is 31.2 Å². The van der Waals surface area contributed by atoms with Gasteiger partial charge in [0.15, 0.2) is 0 Å². The number of fused-ring (bicyclic) bond motifs is 1. The lowest BCUT2D eigenvalue weighted by Crippen LogP contribution is -2.54. The van der Waals surface area contributed by atoms with Crippen LogP contribution in [0.3, 0.4) is 0 Å². The minimum absolute atomic E-state index is 0.0878. The average Bonchev–Trinajstić information content (AvgIpc) is 3.14. The molecule has 2 aromatic rings. The molecule has 6 heteroatoms. The van der Waals surface area contributed by atoms with Crippen LogP contribution in [0.15, 0.2) is 48.5 Å². The van der Waals surface area contributed by atoms with Crippen LogP contribution in [0.5, 0.6) is 0 Å². The van der Waals surface area contributed by atoms with Gasteiger partial charge in [-0.05, 0) is 48.6 Å². The molecule has 0 saturated carbocycles. The van der Waals surface area contributed by atoms with Gasteiger partial charge < -0.3 is 20.7 Å². The first kappa shape index (κ1) is 18.7. The zero-order chi connectivity index (χ0) is 19.6. The highest BCUT2D eigenvalue weighted by molar-refractivity contribution is 5.98. The SMILES string of the molecule is NC1(C(=O)Nc2ccc(CC(=O)N3CCc4ccccc43)cc2)CCOCC1. The number of carbonyl (C=O) groups excluding carboxylic acids is 2. The summed E-state index contributed by atoms with van der Waals surface area (Å²) < 4.78 is 5.29. The van der Waals surface area contributed by atoms with Gasteiger partial charge in [-0.2, -0.15) is 0 Å². The minimum atomic E-state index is -0.879. The molecule has 2 aromatic carbocycles. The van der Waals surface area contributed by atoms with E-state index >= 15 is 0 Å². The molecule has 0 unspecified atom stereocenters. The highest BCUT2D eigenvalue weighted by atomic mass is 16.5. The summed E-state index contributed by atoms with van der Waals surface area (Å²) in [6.45, 7) is 1.74. The van der Waals surface area contributed by atoms with E-state index < -0.39 is 5.54 Å². The number of carbonyl (C=O) groups is 2. The van der Waals surface area contributed by atoms with Crippen LogP contribution in [-0.4, -0.2) is 37.1 Å². The maximum Gasteiger partial charge on any atom is 0.244 e. The van der Waals surface area contributed by atoms with Gasteiger partial charge in [0.25, 0.3) is 0 Å². The number of nitrogens with one attached hydrogen (secondary N) is 1. The van der Waals surface area contributed by atoms with Crippen molar-refractivity contribution in [3.8, 4) is 0 Å². The van der Waals surface area contributed by atoms with Crippen LogP contribution in [0.2, 0.25) is 0 Å². The fourth-order valence-electron chi connectivity index (χ4n) is 3.79. The number of ether oxygens (including phenoxy) is 1. The monoisotopic (exact) mass is 379 g/mol. The minimum Gasteiger partial charge on any atom is -0.381 e. The summed E-state index contributed by atoms with van der Waals surface area (Å²) in [6.07, 6.45) is 2.27. The molecule has 1 saturated heterocycles. The summed E-state index contributed by atoms with van der Waals surface area (Å²) in [6, 6.07) is 15.4. The van der Waals surface area contributed by atoms with E-state index in [0.29, 0.717) is 38.2 Å². The third kappa shape index (κ3) is 3.79. The zero-order valence-electron chi connectivity index (χ0n) is 15.8. The topological polar surface area (TPSA) is 84.7 Å². The van der Waals surface area contributed by atoms with Crippen molar-refractivity contribution in [2.24, 2.45) is 5.73 Å². The van der Waals surface area contributed by atoms with E-state index in [1.54, 1.807) is 0 Å². The lowest BCUT2D eigenvalue weighted by molar-refractivity contribution is -0.124. The van der Waals surface area contributed by atoms with Crippen molar-refractivity contribution in [1.29, 1.82) is 0 Å². The summed E-state index contributed by atoms with van der Waals surface area (Å²) in [5.74, 6) is -0.0989. The fraction of sp³-hybridized carbons (Fsp3) is 0.364. The van der Waals surface area contributed by atoms with E-state index in [-0.39, 0.29) is 11.8 Å². The van der Waals surface area contributed by atoms with Crippen molar-refractivity contribution in [1.82, 2.24) is 0 Å². The highest BCUT2D eigenvalue weighted by Crippen LogP contribution is 2.28. The number of hydrogen-bond acceptors (Lipinski definition) is 4. The van der Waals surface area contributed by atoms with Crippen molar-refractivity contribution in [3.63, 3.8) is 0 Å². The van der Waals surface area contributed by atoms with Gasteiger partial charge in [-0.3, -0.25) is 9.59 Å². The standard InChI is InChI=1S/C22H25N3O3/c23-22(10-13-28-14-11-22)21(27)24-18-7-5-16(6-8-18)15-20(26)25-12-9-17-3-1-2-4-19(17)25/h1-8H,9-15,23H2,(H,24,27). The lowest BCUT2D eigenvalue weighted by Gasteiger charge is -2.31. The van der Waals surface area contributed by atoms with Crippen LogP contribution in [0.1, 0.15) is 24.0 Å². The van der Waals surface area contributed by atoms with Crippen molar-refractivity contribution >= 4 is 23.2 Å². The fourth-order valence-corrected chi connectivity index (χ4v) is 3.79. The molecule has 0 atom stereocenters. The highest BCUT2D eigenvalue weighted by Gasteiger charge is 2.35. The molecule has 146 valence electrons. The number of rotatable bonds is 4. The maximum atomic E-state index is 12.7. The second-order valence-corrected chi connectivity index (χ2v) is 7.52. The molecule has 28 heavy (non-hydrogen) atoms. The predicted octanol–water partition coefficient (Wildman–Crippen LogP) is 2.26. The summed E-state index contributed by atoms with van der Waals surface area (Å²) in [5, 5.41) is 2.89. The van der Waals surface area contributed by atoms with Crippen molar-refractivity contribution in [3.05, 3.63) is 59.7 Å². The Morgan fingerprint density at radius 3 is 2.54 bits per heavy atom. The summed E-state index contributed by atoms with van der Waals surface area (Å²) in [4.78, 5) is 27.1.